The Balaban J connectivity index is 2.23. The van der Waals surface area contributed by atoms with Crippen molar-refractivity contribution < 1.29 is 13.2 Å². The molecule has 0 aliphatic rings. The average molecular weight is 291 g/mol. The summed E-state index contributed by atoms with van der Waals surface area (Å²) in [7, 11) is 0. The van der Waals surface area contributed by atoms with Crippen molar-refractivity contribution in [3.8, 4) is 0 Å². The van der Waals surface area contributed by atoms with Gasteiger partial charge in [0.1, 0.15) is 11.0 Å². The van der Waals surface area contributed by atoms with Gasteiger partial charge >= 0.3 is 6.18 Å². The quantitative estimate of drug-likeness (QED) is 0.848. The van der Waals surface area contributed by atoms with E-state index in [0.717, 1.165) is 17.7 Å². The molecule has 2 rings (SSSR count). The zero-order valence-electron chi connectivity index (χ0n) is 9.79. The summed E-state index contributed by atoms with van der Waals surface area (Å²) < 4.78 is 37.9. The number of H-pyrrole nitrogens is 1. The number of hydrogen-bond donors (Lipinski definition) is 2. The Morgan fingerprint density at radius 2 is 2.11 bits per heavy atom. The van der Waals surface area contributed by atoms with Crippen LogP contribution < -0.4 is 5.32 Å². The minimum atomic E-state index is -4.46. The van der Waals surface area contributed by atoms with Crippen LogP contribution in [0.5, 0.6) is 0 Å². The summed E-state index contributed by atoms with van der Waals surface area (Å²) >= 11 is 5.59. The summed E-state index contributed by atoms with van der Waals surface area (Å²) in [6.45, 7) is 1.78. The van der Waals surface area contributed by atoms with Gasteiger partial charge in [0.15, 0.2) is 0 Å². The molecule has 0 aliphatic carbocycles. The highest BCUT2D eigenvalue weighted by molar-refractivity contribution is 6.29. The lowest BCUT2D eigenvalue weighted by atomic mass is 10.2. The number of rotatable bonds is 3. The summed E-state index contributed by atoms with van der Waals surface area (Å²) in [4.78, 5) is 3.82. The molecule has 2 aromatic heterocycles. The molecule has 1 atom stereocenters. The summed E-state index contributed by atoms with van der Waals surface area (Å²) in [6, 6.07) is 1.46. The molecule has 4 nitrogen and oxygen atoms in total. The van der Waals surface area contributed by atoms with Crippen molar-refractivity contribution in [2.24, 2.45) is 0 Å². The SMILES string of the molecule is CC(Nc1cc(C(F)(F)F)cc(Cl)n1)c1cn[nH]c1. The maximum atomic E-state index is 12.6. The van der Waals surface area contributed by atoms with Crippen LogP contribution >= 0.6 is 11.6 Å². The second-order valence-corrected chi connectivity index (χ2v) is 4.35. The van der Waals surface area contributed by atoms with Crippen molar-refractivity contribution in [3.63, 3.8) is 0 Å². The van der Waals surface area contributed by atoms with Gasteiger partial charge in [0, 0.05) is 11.8 Å². The summed E-state index contributed by atoms with van der Waals surface area (Å²) in [5.74, 6) is 0.0634. The number of aromatic amines is 1. The first-order valence-corrected chi connectivity index (χ1v) is 5.74. The van der Waals surface area contributed by atoms with Crippen LogP contribution in [0.2, 0.25) is 5.15 Å². The predicted molar refractivity (Wildman–Crippen MR) is 64.9 cm³/mol. The molecule has 19 heavy (non-hydrogen) atoms. The van der Waals surface area contributed by atoms with Crippen LogP contribution in [0.1, 0.15) is 24.1 Å². The number of hydrogen-bond acceptors (Lipinski definition) is 3. The molecule has 2 N–H and O–H groups in total. The number of anilines is 1. The Morgan fingerprint density at radius 3 is 2.68 bits per heavy atom. The van der Waals surface area contributed by atoms with E-state index in [-0.39, 0.29) is 17.0 Å². The number of nitrogens with one attached hydrogen (secondary N) is 2. The normalized spacial score (nSPS) is 13.3. The second kappa shape index (κ2) is 5.08. The van der Waals surface area contributed by atoms with Crippen LogP contribution in [-0.2, 0) is 6.18 Å². The molecular formula is C11H10ClF3N4. The van der Waals surface area contributed by atoms with Gasteiger partial charge in [0.2, 0.25) is 0 Å². The second-order valence-electron chi connectivity index (χ2n) is 3.96. The van der Waals surface area contributed by atoms with Gasteiger partial charge in [-0.2, -0.15) is 18.3 Å². The molecule has 0 bridgehead atoms. The van der Waals surface area contributed by atoms with Crippen molar-refractivity contribution in [3.05, 3.63) is 40.8 Å². The van der Waals surface area contributed by atoms with Crippen LogP contribution in [-0.4, -0.2) is 15.2 Å². The monoisotopic (exact) mass is 290 g/mol. The van der Waals surface area contributed by atoms with E-state index < -0.39 is 11.7 Å². The van der Waals surface area contributed by atoms with E-state index in [0.29, 0.717) is 0 Å². The predicted octanol–water partition coefficient (Wildman–Crippen LogP) is 3.65. The van der Waals surface area contributed by atoms with Gasteiger partial charge in [0.25, 0.3) is 0 Å². The van der Waals surface area contributed by atoms with Crippen LogP contribution in [0.4, 0.5) is 19.0 Å². The highest BCUT2D eigenvalue weighted by Crippen LogP contribution is 2.32. The zero-order valence-corrected chi connectivity index (χ0v) is 10.5. The molecule has 0 amide bonds. The number of halogens is 4. The molecule has 0 saturated heterocycles. The van der Waals surface area contributed by atoms with Crippen molar-refractivity contribution >= 4 is 17.4 Å². The van der Waals surface area contributed by atoms with E-state index in [1.54, 1.807) is 19.3 Å². The van der Waals surface area contributed by atoms with E-state index in [9.17, 15) is 13.2 Å². The highest BCUT2D eigenvalue weighted by Gasteiger charge is 2.31. The van der Waals surface area contributed by atoms with E-state index in [1.165, 1.54) is 0 Å². The largest absolute Gasteiger partial charge is 0.416 e. The number of alkyl halides is 3. The first kappa shape index (κ1) is 13.7. The third-order valence-electron chi connectivity index (χ3n) is 2.51. The molecule has 2 aromatic rings. The van der Waals surface area contributed by atoms with E-state index in [1.807, 2.05) is 0 Å². The van der Waals surface area contributed by atoms with Crippen LogP contribution in [0, 0.1) is 0 Å². The van der Waals surface area contributed by atoms with Crippen LogP contribution in [0.15, 0.2) is 24.5 Å². The fourth-order valence-electron chi connectivity index (χ4n) is 1.54. The average Bonchev–Trinajstić information content (AvgIpc) is 2.80. The van der Waals surface area contributed by atoms with Crippen LogP contribution in [0.3, 0.4) is 0 Å². The molecule has 0 radical (unpaired) electrons. The van der Waals surface area contributed by atoms with E-state index in [4.69, 9.17) is 11.6 Å². The van der Waals surface area contributed by atoms with Crippen molar-refractivity contribution in [1.82, 2.24) is 15.2 Å². The lowest BCUT2D eigenvalue weighted by Crippen LogP contribution is -2.10. The third kappa shape index (κ3) is 3.37. The van der Waals surface area contributed by atoms with Crippen molar-refractivity contribution in [1.29, 1.82) is 0 Å². The minimum Gasteiger partial charge on any atom is -0.363 e. The fraction of sp³-hybridized carbons (Fsp3) is 0.273. The zero-order chi connectivity index (χ0) is 14.0. The molecule has 1 unspecified atom stereocenters. The molecule has 2 heterocycles. The molecular weight excluding hydrogens is 281 g/mol. The minimum absolute atomic E-state index is 0.0634. The summed E-state index contributed by atoms with van der Waals surface area (Å²) in [5, 5.41) is 9.03. The van der Waals surface area contributed by atoms with Gasteiger partial charge in [-0.3, -0.25) is 5.10 Å². The van der Waals surface area contributed by atoms with E-state index >= 15 is 0 Å². The Labute approximate surface area is 112 Å². The number of pyridine rings is 1. The molecule has 0 aliphatic heterocycles. The van der Waals surface area contributed by atoms with Crippen molar-refractivity contribution in [2.75, 3.05) is 5.32 Å². The maximum absolute atomic E-state index is 12.6. The van der Waals surface area contributed by atoms with Gasteiger partial charge in [-0.1, -0.05) is 11.6 Å². The summed E-state index contributed by atoms with van der Waals surface area (Å²) in [5.41, 5.74) is -0.0373. The molecule has 102 valence electrons. The van der Waals surface area contributed by atoms with Gasteiger partial charge in [0.05, 0.1) is 17.8 Å². The number of aromatic nitrogens is 3. The molecule has 8 heteroatoms. The molecule has 0 spiro atoms. The first-order valence-electron chi connectivity index (χ1n) is 5.36. The Hall–Kier alpha value is -1.76. The lowest BCUT2D eigenvalue weighted by molar-refractivity contribution is -0.137. The smallest absolute Gasteiger partial charge is 0.363 e. The summed E-state index contributed by atoms with van der Waals surface area (Å²) in [6.07, 6.45) is -1.23. The lowest BCUT2D eigenvalue weighted by Gasteiger charge is -2.15. The Bertz CT molecular complexity index is 554. The van der Waals surface area contributed by atoms with Gasteiger partial charge < -0.3 is 5.32 Å². The topological polar surface area (TPSA) is 53.6 Å². The Kier molecular flexibility index (Phi) is 3.66. The maximum Gasteiger partial charge on any atom is 0.416 e. The van der Waals surface area contributed by atoms with E-state index in [2.05, 4.69) is 20.5 Å². The van der Waals surface area contributed by atoms with Gasteiger partial charge in [-0.15, -0.1) is 0 Å². The highest BCUT2D eigenvalue weighted by atomic mass is 35.5. The molecule has 0 fully saturated rings. The third-order valence-corrected chi connectivity index (χ3v) is 2.70. The first-order chi connectivity index (χ1) is 8.86. The van der Waals surface area contributed by atoms with Crippen molar-refractivity contribution in [2.45, 2.75) is 19.1 Å². The van der Waals surface area contributed by atoms with Gasteiger partial charge in [-0.25, -0.2) is 4.98 Å². The van der Waals surface area contributed by atoms with Crippen LogP contribution in [0.25, 0.3) is 0 Å². The molecule has 0 saturated carbocycles. The Morgan fingerprint density at radius 1 is 1.37 bits per heavy atom. The fourth-order valence-corrected chi connectivity index (χ4v) is 1.75. The molecule has 0 aromatic carbocycles. The number of nitrogens with zero attached hydrogens (tertiary/aromatic N) is 2. The van der Waals surface area contributed by atoms with Gasteiger partial charge in [-0.05, 0) is 19.1 Å². The standard InChI is InChI=1S/C11H10ClF3N4/c1-6(7-4-16-17-5-7)18-10-3-8(11(13,14)15)2-9(12)19-10/h2-6H,1H3,(H,16,17)(H,18,19).